The molecule has 2 rings (SSSR count). The number of carbonyl (C=O) groups excluding carboxylic acids is 2. The molecule has 0 aromatic heterocycles. The summed E-state index contributed by atoms with van der Waals surface area (Å²) in [5.41, 5.74) is -0.00944. The Bertz CT molecular complexity index is 569. The summed E-state index contributed by atoms with van der Waals surface area (Å²) in [6.07, 6.45) is -4.50. The van der Waals surface area contributed by atoms with Gasteiger partial charge in [-0.05, 0) is 24.6 Å². The fourth-order valence-corrected chi connectivity index (χ4v) is 2.01. The highest BCUT2D eigenvalue weighted by molar-refractivity contribution is 6.06. The van der Waals surface area contributed by atoms with Crippen LogP contribution in [0.15, 0.2) is 18.2 Å². The van der Waals surface area contributed by atoms with Gasteiger partial charge in [-0.25, -0.2) is 0 Å². The molecule has 1 atom stereocenters. The minimum Gasteiger partial charge on any atom is -0.373 e. The number of likely N-dealkylation sites (tertiary alicyclic amines) is 1. The van der Waals surface area contributed by atoms with Crippen molar-refractivity contribution in [2.75, 3.05) is 12.4 Å². The molecule has 2 amide bonds. The van der Waals surface area contributed by atoms with E-state index < -0.39 is 23.7 Å². The van der Waals surface area contributed by atoms with E-state index in [0.717, 1.165) is 17.0 Å². The second-order valence-electron chi connectivity index (χ2n) is 4.72. The topological polar surface area (TPSA) is 49.4 Å². The largest absolute Gasteiger partial charge is 0.416 e. The van der Waals surface area contributed by atoms with Crippen LogP contribution in [-0.4, -0.2) is 29.8 Å². The van der Waals surface area contributed by atoms with Gasteiger partial charge >= 0.3 is 6.18 Å². The summed E-state index contributed by atoms with van der Waals surface area (Å²) in [6.45, 7) is 1.63. The molecule has 0 radical (unpaired) electrons. The van der Waals surface area contributed by atoms with Crippen LogP contribution in [0.4, 0.5) is 18.9 Å². The van der Waals surface area contributed by atoms with E-state index in [2.05, 4.69) is 5.32 Å². The Morgan fingerprint density at radius 3 is 2.45 bits per heavy atom. The fourth-order valence-electron chi connectivity index (χ4n) is 2.01. The fraction of sp³-hybridized carbons (Fsp3) is 0.385. The first-order valence-electron chi connectivity index (χ1n) is 5.95. The summed E-state index contributed by atoms with van der Waals surface area (Å²) in [6, 6.07) is 2.45. The quantitative estimate of drug-likeness (QED) is 0.848. The number of hydrogen-bond donors (Lipinski definition) is 1. The van der Waals surface area contributed by atoms with Gasteiger partial charge in [0.2, 0.25) is 5.91 Å². The van der Waals surface area contributed by atoms with E-state index >= 15 is 0 Å². The zero-order valence-electron chi connectivity index (χ0n) is 10.9. The van der Waals surface area contributed by atoms with E-state index in [1.807, 2.05) is 0 Å². The van der Waals surface area contributed by atoms with Gasteiger partial charge < -0.3 is 5.32 Å². The van der Waals surface area contributed by atoms with E-state index in [1.54, 1.807) is 6.92 Å². The summed E-state index contributed by atoms with van der Waals surface area (Å²) in [4.78, 5) is 24.1. The second kappa shape index (κ2) is 4.81. The summed E-state index contributed by atoms with van der Waals surface area (Å²) in [7, 11) is 1.35. The number of nitrogens with zero attached hydrogens (tertiary/aromatic N) is 1. The number of likely N-dealkylation sites (N-methyl/N-ethyl adjacent to an activating group) is 1. The van der Waals surface area contributed by atoms with Crippen LogP contribution in [-0.2, 0) is 15.8 Å². The van der Waals surface area contributed by atoms with E-state index in [9.17, 15) is 22.8 Å². The van der Waals surface area contributed by atoms with Crippen molar-refractivity contribution >= 4 is 17.5 Å². The lowest BCUT2D eigenvalue weighted by molar-refractivity contribution is -0.138. The van der Waals surface area contributed by atoms with Gasteiger partial charge in [0.1, 0.15) is 6.04 Å². The Morgan fingerprint density at radius 1 is 1.30 bits per heavy atom. The van der Waals surface area contributed by atoms with Gasteiger partial charge in [-0.2, -0.15) is 13.2 Å². The number of carbonyl (C=O) groups is 2. The first-order valence-corrected chi connectivity index (χ1v) is 5.95. The number of amides is 2. The Kier molecular flexibility index (Phi) is 3.45. The first kappa shape index (κ1) is 14.4. The molecule has 1 N–H and O–H groups in total. The van der Waals surface area contributed by atoms with Gasteiger partial charge in [-0.3, -0.25) is 14.5 Å². The number of aryl methyl sites for hydroxylation is 1. The zero-order valence-corrected chi connectivity index (χ0v) is 10.9. The molecule has 1 aliphatic heterocycles. The molecule has 0 bridgehead atoms. The van der Waals surface area contributed by atoms with Crippen molar-refractivity contribution in [1.82, 2.24) is 4.90 Å². The van der Waals surface area contributed by atoms with Crippen molar-refractivity contribution in [1.29, 1.82) is 0 Å². The maximum atomic E-state index is 12.7. The predicted molar refractivity (Wildman–Crippen MR) is 66.0 cm³/mol. The highest BCUT2D eigenvalue weighted by Gasteiger charge is 2.37. The minimum absolute atomic E-state index is 0.0506. The molecule has 7 heteroatoms. The number of anilines is 1. The molecule has 108 valence electrons. The third kappa shape index (κ3) is 2.61. The lowest BCUT2D eigenvalue weighted by atomic mass is 10.1. The smallest absolute Gasteiger partial charge is 0.373 e. The van der Waals surface area contributed by atoms with Crippen molar-refractivity contribution < 1.29 is 22.8 Å². The van der Waals surface area contributed by atoms with Crippen LogP contribution in [0.25, 0.3) is 0 Å². The summed E-state index contributed by atoms with van der Waals surface area (Å²) in [5.74, 6) is -0.788. The standard InChI is InChI=1S/C13H13F3N2O2/c1-7-3-4-8(13(14,15)16)5-9(7)17-10-6-11(19)18(2)12(10)20/h3-5,10,17H,6H2,1-2H3. The first-order chi connectivity index (χ1) is 9.20. The normalized spacial score (nSPS) is 19.6. The summed E-state index contributed by atoms with van der Waals surface area (Å²) >= 11 is 0. The van der Waals surface area contributed by atoms with Crippen molar-refractivity contribution in [3.63, 3.8) is 0 Å². The average Bonchev–Trinajstić information content (AvgIpc) is 2.58. The molecule has 1 saturated heterocycles. The van der Waals surface area contributed by atoms with E-state index in [0.29, 0.717) is 5.56 Å². The average molecular weight is 286 g/mol. The maximum absolute atomic E-state index is 12.7. The molecule has 0 aliphatic carbocycles. The molecule has 1 aliphatic rings. The molecular formula is C13H13F3N2O2. The molecule has 1 heterocycles. The Balaban J connectivity index is 2.26. The van der Waals surface area contributed by atoms with E-state index in [4.69, 9.17) is 0 Å². The highest BCUT2D eigenvalue weighted by Crippen LogP contribution is 2.32. The van der Waals surface area contributed by atoms with Crippen molar-refractivity contribution in [2.45, 2.75) is 25.6 Å². The molecule has 1 fully saturated rings. The number of benzene rings is 1. The Morgan fingerprint density at radius 2 is 1.95 bits per heavy atom. The van der Waals surface area contributed by atoms with Crippen LogP contribution in [0.1, 0.15) is 17.5 Å². The second-order valence-corrected chi connectivity index (χ2v) is 4.72. The van der Waals surface area contributed by atoms with Crippen molar-refractivity contribution in [3.05, 3.63) is 29.3 Å². The molecule has 0 saturated carbocycles. The molecular weight excluding hydrogens is 273 g/mol. The Hall–Kier alpha value is -2.05. The Labute approximate surface area is 113 Å². The van der Waals surface area contributed by atoms with E-state index in [1.165, 1.54) is 13.1 Å². The summed E-state index contributed by atoms with van der Waals surface area (Å²) < 4.78 is 38.0. The monoisotopic (exact) mass is 286 g/mol. The molecule has 1 aromatic carbocycles. The lowest BCUT2D eigenvalue weighted by Gasteiger charge is -2.16. The van der Waals surface area contributed by atoms with Crippen molar-refractivity contribution in [2.24, 2.45) is 0 Å². The van der Waals surface area contributed by atoms with Gasteiger partial charge in [0.05, 0.1) is 12.0 Å². The van der Waals surface area contributed by atoms with Crippen LogP contribution in [0.3, 0.4) is 0 Å². The third-order valence-corrected chi connectivity index (χ3v) is 3.28. The SMILES string of the molecule is Cc1ccc(C(F)(F)F)cc1NC1CC(=O)N(C)C1=O. The van der Waals surface area contributed by atoms with Gasteiger partial charge in [-0.1, -0.05) is 6.07 Å². The number of halogens is 3. The number of hydrogen-bond acceptors (Lipinski definition) is 3. The number of imide groups is 1. The number of alkyl halides is 3. The summed E-state index contributed by atoms with van der Waals surface area (Å²) in [5, 5.41) is 2.72. The minimum atomic E-state index is -4.45. The molecule has 1 aromatic rings. The van der Waals surface area contributed by atoms with Gasteiger partial charge in [-0.15, -0.1) is 0 Å². The van der Waals surface area contributed by atoms with Gasteiger partial charge in [0, 0.05) is 12.7 Å². The highest BCUT2D eigenvalue weighted by atomic mass is 19.4. The molecule has 0 spiro atoms. The van der Waals surface area contributed by atoms with Crippen LogP contribution < -0.4 is 5.32 Å². The number of nitrogens with one attached hydrogen (secondary N) is 1. The number of rotatable bonds is 2. The maximum Gasteiger partial charge on any atom is 0.416 e. The molecule has 4 nitrogen and oxygen atoms in total. The van der Waals surface area contributed by atoms with Crippen LogP contribution in [0.5, 0.6) is 0 Å². The molecule has 20 heavy (non-hydrogen) atoms. The lowest BCUT2D eigenvalue weighted by Crippen LogP contribution is -2.32. The van der Waals surface area contributed by atoms with Crippen molar-refractivity contribution in [3.8, 4) is 0 Å². The van der Waals surface area contributed by atoms with Crippen LogP contribution in [0.2, 0.25) is 0 Å². The van der Waals surface area contributed by atoms with Gasteiger partial charge in [0.25, 0.3) is 5.91 Å². The van der Waals surface area contributed by atoms with Crippen LogP contribution in [0, 0.1) is 6.92 Å². The van der Waals surface area contributed by atoms with E-state index in [-0.39, 0.29) is 18.0 Å². The zero-order chi connectivity index (χ0) is 15.1. The van der Waals surface area contributed by atoms with Gasteiger partial charge in [0.15, 0.2) is 0 Å². The predicted octanol–water partition coefficient (Wildman–Crippen LogP) is 2.18. The molecule has 1 unspecified atom stereocenters. The van der Waals surface area contributed by atoms with Crippen LogP contribution >= 0.6 is 0 Å². The third-order valence-electron chi connectivity index (χ3n) is 3.28.